The number of ether oxygens (including phenoxy) is 2. The van der Waals surface area contributed by atoms with Gasteiger partial charge in [-0.2, -0.15) is 0 Å². The summed E-state index contributed by atoms with van der Waals surface area (Å²) in [5.74, 6) is 1.96. The van der Waals surface area contributed by atoms with Crippen LogP contribution in [0.5, 0.6) is 11.5 Å². The van der Waals surface area contributed by atoms with Crippen molar-refractivity contribution in [2.24, 2.45) is 0 Å². The second-order valence-corrected chi connectivity index (χ2v) is 7.04. The van der Waals surface area contributed by atoms with Gasteiger partial charge in [-0.15, -0.1) is 11.8 Å². The van der Waals surface area contributed by atoms with E-state index in [9.17, 15) is 4.79 Å². The van der Waals surface area contributed by atoms with Gasteiger partial charge in [0, 0.05) is 34.3 Å². The highest BCUT2D eigenvalue weighted by atomic mass is 32.2. The average Bonchev–Trinajstić information content (AvgIpc) is 2.73. The predicted octanol–water partition coefficient (Wildman–Crippen LogP) is 4.40. The van der Waals surface area contributed by atoms with Crippen LogP contribution in [0.15, 0.2) is 71.9 Å². The smallest absolute Gasteiger partial charge is 0.255 e. The molecule has 1 aliphatic heterocycles. The largest absolute Gasteiger partial charge is 0.486 e. The fraction of sp³-hybridized carbons (Fsp3) is 0.143. The van der Waals surface area contributed by atoms with E-state index in [4.69, 9.17) is 9.47 Å². The summed E-state index contributed by atoms with van der Waals surface area (Å²) in [6.45, 7) is 1.03. The second kappa shape index (κ2) is 8.14. The molecule has 5 nitrogen and oxygen atoms in total. The van der Waals surface area contributed by atoms with Crippen LogP contribution >= 0.6 is 11.8 Å². The number of carbonyl (C=O) groups is 1. The molecular weight excluding hydrogens is 360 g/mol. The minimum atomic E-state index is -0.178. The Balaban J connectivity index is 1.37. The highest BCUT2D eigenvalue weighted by molar-refractivity contribution is 7.98. The lowest BCUT2D eigenvalue weighted by Crippen LogP contribution is -2.17. The third kappa shape index (κ3) is 4.41. The van der Waals surface area contributed by atoms with E-state index in [1.54, 1.807) is 36.2 Å². The molecule has 136 valence electrons. The number of amides is 1. The lowest BCUT2D eigenvalue weighted by molar-refractivity contribution is 0.102. The first-order valence-electron chi connectivity index (χ1n) is 8.61. The van der Waals surface area contributed by atoms with Gasteiger partial charge in [0.15, 0.2) is 11.5 Å². The van der Waals surface area contributed by atoms with E-state index in [0.717, 1.165) is 16.3 Å². The van der Waals surface area contributed by atoms with Crippen molar-refractivity contribution in [3.63, 3.8) is 0 Å². The van der Waals surface area contributed by atoms with Crippen LogP contribution in [0.2, 0.25) is 0 Å². The highest BCUT2D eigenvalue weighted by Crippen LogP contribution is 2.31. The van der Waals surface area contributed by atoms with Crippen molar-refractivity contribution in [2.45, 2.75) is 10.6 Å². The number of pyridine rings is 1. The van der Waals surface area contributed by atoms with Crippen molar-refractivity contribution in [2.75, 3.05) is 18.5 Å². The number of aromatic nitrogens is 1. The van der Waals surface area contributed by atoms with Crippen LogP contribution in [0, 0.1) is 0 Å². The molecule has 1 aliphatic rings. The molecule has 6 heteroatoms. The van der Waals surface area contributed by atoms with Gasteiger partial charge in [-0.05, 0) is 54.1 Å². The Kier molecular flexibility index (Phi) is 5.25. The van der Waals surface area contributed by atoms with E-state index in [1.807, 2.05) is 36.5 Å². The van der Waals surface area contributed by atoms with E-state index in [2.05, 4.69) is 16.4 Å². The first-order chi connectivity index (χ1) is 13.3. The Bertz CT molecular complexity index is 930. The zero-order valence-corrected chi connectivity index (χ0v) is 15.4. The number of anilines is 1. The average molecular weight is 378 g/mol. The number of hydrogen-bond donors (Lipinski definition) is 1. The minimum absolute atomic E-state index is 0.178. The van der Waals surface area contributed by atoms with Gasteiger partial charge < -0.3 is 14.8 Å². The highest BCUT2D eigenvalue weighted by Gasteiger charge is 2.15. The van der Waals surface area contributed by atoms with Crippen LogP contribution < -0.4 is 14.8 Å². The van der Waals surface area contributed by atoms with Crippen molar-refractivity contribution < 1.29 is 14.3 Å². The first kappa shape index (κ1) is 17.4. The number of hydrogen-bond acceptors (Lipinski definition) is 5. The summed E-state index contributed by atoms with van der Waals surface area (Å²) in [4.78, 5) is 17.7. The summed E-state index contributed by atoms with van der Waals surface area (Å²) in [7, 11) is 0. The van der Waals surface area contributed by atoms with Crippen molar-refractivity contribution >= 4 is 23.4 Å². The molecule has 27 heavy (non-hydrogen) atoms. The van der Waals surface area contributed by atoms with Gasteiger partial charge in [-0.25, -0.2) is 0 Å². The number of fused-ring (bicyclic) bond motifs is 1. The molecule has 4 rings (SSSR count). The van der Waals surface area contributed by atoms with E-state index in [0.29, 0.717) is 30.3 Å². The topological polar surface area (TPSA) is 60.5 Å². The molecule has 0 fully saturated rings. The zero-order chi connectivity index (χ0) is 18.5. The van der Waals surface area contributed by atoms with E-state index in [-0.39, 0.29) is 5.91 Å². The molecular formula is C21H18N2O3S. The Morgan fingerprint density at radius 3 is 2.63 bits per heavy atom. The first-order valence-corrected chi connectivity index (χ1v) is 9.59. The molecule has 1 N–H and O–H groups in total. The molecule has 2 heterocycles. The predicted molar refractivity (Wildman–Crippen MR) is 106 cm³/mol. The van der Waals surface area contributed by atoms with Crippen LogP contribution in [0.1, 0.15) is 15.9 Å². The number of rotatable bonds is 5. The van der Waals surface area contributed by atoms with Crippen LogP contribution in [0.4, 0.5) is 5.69 Å². The van der Waals surface area contributed by atoms with E-state index in [1.165, 1.54) is 5.56 Å². The van der Waals surface area contributed by atoms with Crippen molar-refractivity contribution in [1.29, 1.82) is 0 Å². The Labute approximate surface area is 161 Å². The molecule has 0 saturated carbocycles. The van der Waals surface area contributed by atoms with Crippen LogP contribution in [-0.2, 0) is 5.75 Å². The van der Waals surface area contributed by atoms with Gasteiger partial charge in [0.25, 0.3) is 5.91 Å². The lowest BCUT2D eigenvalue weighted by atomic mass is 10.1. The molecule has 0 atom stereocenters. The normalized spacial score (nSPS) is 12.4. The Hall–Kier alpha value is -2.99. The molecule has 1 amide bonds. The van der Waals surface area contributed by atoms with Crippen molar-refractivity contribution in [3.05, 3.63) is 78.1 Å². The summed E-state index contributed by atoms with van der Waals surface area (Å²) in [6.07, 6.45) is 3.64. The standard InChI is InChI=1S/C21H18N2O3S/c24-21(16-3-8-19-20(12-16)26-11-10-25-19)23-17-4-6-18(7-5-17)27-14-15-2-1-9-22-13-15/h1-9,12-13H,10-11,14H2,(H,23,24). The summed E-state index contributed by atoms with van der Waals surface area (Å²) >= 11 is 1.73. The zero-order valence-electron chi connectivity index (χ0n) is 14.6. The van der Waals surface area contributed by atoms with Gasteiger partial charge in [0.05, 0.1) is 0 Å². The number of thioether (sulfide) groups is 1. The second-order valence-electron chi connectivity index (χ2n) is 5.99. The third-order valence-electron chi connectivity index (χ3n) is 4.04. The van der Waals surface area contributed by atoms with Crippen LogP contribution in [0.25, 0.3) is 0 Å². The van der Waals surface area contributed by atoms with Crippen molar-refractivity contribution in [1.82, 2.24) is 4.98 Å². The van der Waals surface area contributed by atoms with Crippen LogP contribution in [-0.4, -0.2) is 24.1 Å². The quantitative estimate of drug-likeness (QED) is 0.667. The monoisotopic (exact) mass is 378 g/mol. The van der Waals surface area contributed by atoms with Gasteiger partial charge in [-0.3, -0.25) is 9.78 Å². The number of nitrogens with zero attached hydrogens (tertiary/aromatic N) is 1. The maximum Gasteiger partial charge on any atom is 0.255 e. The molecule has 0 bridgehead atoms. The number of nitrogens with one attached hydrogen (secondary N) is 1. The Morgan fingerprint density at radius 1 is 1.04 bits per heavy atom. The number of carbonyl (C=O) groups excluding carboxylic acids is 1. The van der Waals surface area contributed by atoms with Gasteiger partial charge >= 0.3 is 0 Å². The third-order valence-corrected chi connectivity index (χ3v) is 5.13. The molecule has 2 aromatic carbocycles. The lowest BCUT2D eigenvalue weighted by Gasteiger charge is -2.18. The molecule has 0 spiro atoms. The molecule has 0 saturated heterocycles. The Morgan fingerprint density at radius 2 is 1.85 bits per heavy atom. The summed E-state index contributed by atoms with van der Waals surface area (Å²) in [5.41, 5.74) is 2.47. The van der Waals surface area contributed by atoms with E-state index < -0.39 is 0 Å². The molecule has 1 aromatic heterocycles. The van der Waals surface area contributed by atoms with Gasteiger partial charge in [-0.1, -0.05) is 6.07 Å². The summed E-state index contributed by atoms with van der Waals surface area (Å²) < 4.78 is 11.0. The molecule has 3 aromatic rings. The van der Waals surface area contributed by atoms with Crippen LogP contribution in [0.3, 0.4) is 0 Å². The van der Waals surface area contributed by atoms with Gasteiger partial charge in [0.2, 0.25) is 0 Å². The minimum Gasteiger partial charge on any atom is -0.486 e. The molecule has 0 radical (unpaired) electrons. The maximum atomic E-state index is 12.5. The summed E-state index contributed by atoms with van der Waals surface area (Å²) in [6, 6.07) is 17.0. The number of benzene rings is 2. The summed E-state index contributed by atoms with van der Waals surface area (Å²) in [5, 5.41) is 2.91. The SMILES string of the molecule is O=C(Nc1ccc(SCc2cccnc2)cc1)c1ccc2c(c1)OCCO2. The fourth-order valence-electron chi connectivity index (χ4n) is 2.67. The molecule has 0 aliphatic carbocycles. The van der Waals surface area contributed by atoms with Gasteiger partial charge in [0.1, 0.15) is 13.2 Å². The molecule has 0 unspecified atom stereocenters. The van der Waals surface area contributed by atoms with E-state index >= 15 is 0 Å². The van der Waals surface area contributed by atoms with Crippen molar-refractivity contribution in [3.8, 4) is 11.5 Å². The fourth-order valence-corrected chi connectivity index (χ4v) is 3.51. The maximum absolute atomic E-state index is 12.5.